The molecule has 1 amide bonds. The van der Waals surface area contributed by atoms with Crippen molar-refractivity contribution in [3.8, 4) is 0 Å². The van der Waals surface area contributed by atoms with Crippen LogP contribution < -0.4 is 10.2 Å². The number of rotatable bonds is 3. The molecule has 0 saturated carbocycles. The second-order valence-corrected chi connectivity index (χ2v) is 7.46. The minimum Gasteiger partial charge on any atom is -0.356 e. The number of hydrogen-bond acceptors (Lipinski definition) is 6. The lowest BCUT2D eigenvalue weighted by Crippen LogP contribution is -2.39. The smallest absolute Gasteiger partial charge is 0.270 e. The first-order chi connectivity index (χ1) is 12.5. The molecule has 4 heterocycles. The van der Waals surface area contributed by atoms with Crippen LogP contribution in [0.4, 0.5) is 5.82 Å². The van der Waals surface area contributed by atoms with E-state index in [1.165, 1.54) is 0 Å². The molecule has 2 aliphatic heterocycles. The largest absolute Gasteiger partial charge is 0.356 e. The van der Waals surface area contributed by atoms with Gasteiger partial charge >= 0.3 is 0 Å². The first-order valence-corrected chi connectivity index (χ1v) is 9.35. The molecular weight excluding hydrogens is 330 g/mol. The Morgan fingerprint density at radius 3 is 2.81 bits per heavy atom. The molecule has 26 heavy (non-hydrogen) atoms. The molecule has 1 saturated heterocycles. The quantitative estimate of drug-likeness (QED) is 0.869. The number of nitrogens with zero attached hydrogens (tertiary/aromatic N) is 5. The van der Waals surface area contributed by atoms with Gasteiger partial charge in [0.15, 0.2) is 5.82 Å². The zero-order valence-corrected chi connectivity index (χ0v) is 15.5. The van der Waals surface area contributed by atoms with Crippen molar-refractivity contribution in [2.45, 2.75) is 51.9 Å². The van der Waals surface area contributed by atoms with Gasteiger partial charge in [0.25, 0.3) is 5.91 Å². The van der Waals surface area contributed by atoms with Crippen molar-refractivity contribution < 1.29 is 4.79 Å². The minimum atomic E-state index is -0.0880. The molecule has 4 rings (SSSR count). The van der Waals surface area contributed by atoms with Gasteiger partial charge in [-0.3, -0.25) is 9.89 Å². The summed E-state index contributed by atoms with van der Waals surface area (Å²) in [6.45, 7) is 8.43. The molecular formula is C18H25N7O. The van der Waals surface area contributed by atoms with Gasteiger partial charge in [-0.15, -0.1) is 0 Å². The van der Waals surface area contributed by atoms with Crippen LogP contribution in [0, 0.1) is 6.92 Å². The number of carbonyl (C=O) groups is 1. The Morgan fingerprint density at radius 1 is 1.23 bits per heavy atom. The Kier molecular flexibility index (Phi) is 4.34. The molecule has 1 atom stereocenters. The van der Waals surface area contributed by atoms with E-state index in [-0.39, 0.29) is 17.7 Å². The maximum absolute atomic E-state index is 12.3. The van der Waals surface area contributed by atoms with E-state index in [1.807, 2.05) is 6.92 Å². The number of piperidine rings is 1. The van der Waals surface area contributed by atoms with Crippen LogP contribution in [0.25, 0.3) is 0 Å². The standard InChI is InChI=1S/C18H25N7O/c1-10(2)15-21-14-13(6-7-19-18(14)26)17(22-15)25-8-4-5-12(9-25)16-20-11(3)23-24-16/h10,12H,4-9H2,1-3H3,(H,19,26)(H,20,23,24). The van der Waals surface area contributed by atoms with Crippen molar-refractivity contribution in [1.29, 1.82) is 0 Å². The molecule has 1 fully saturated rings. The van der Waals surface area contributed by atoms with E-state index < -0.39 is 0 Å². The van der Waals surface area contributed by atoms with Crippen molar-refractivity contribution in [2.75, 3.05) is 24.5 Å². The van der Waals surface area contributed by atoms with Crippen molar-refractivity contribution in [1.82, 2.24) is 30.5 Å². The molecule has 1 unspecified atom stereocenters. The molecule has 2 aliphatic rings. The number of anilines is 1. The number of hydrogen-bond donors (Lipinski definition) is 2. The third-order valence-electron chi connectivity index (χ3n) is 5.10. The maximum Gasteiger partial charge on any atom is 0.270 e. The maximum atomic E-state index is 12.3. The van der Waals surface area contributed by atoms with Crippen LogP contribution in [0.15, 0.2) is 0 Å². The minimum absolute atomic E-state index is 0.0880. The van der Waals surface area contributed by atoms with Crippen LogP contribution in [-0.2, 0) is 6.42 Å². The second kappa shape index (κ2) is 6.66. The topological polar surface area (TPSA) is 99.7 Å². The zero-order chi connectivity index (χ0) is 18.3. The molecule has 0 spiro atoms. The van der Waals surface area contributed by atoms with Gasteiger partial charge in [-0.1, -0.05) is 13.8 Å². The highest BCUT2D eigenvalue weighted by Gasteiger charge is 2.31. The van der Waals surface area contributed by atoms with Crippen LogP contribution in [0.3, 0.4) is 0 Å². The number of aromatic amines is 1. The lowest BCUT2D eigenvalue weighted by atomic mass is 9.96. The fraction of sp³-hybridized carbons (Fsp3) is 0.611. The van der Waals surface area contributed by atoms with Gasteiger partial charge in [-0.25, -0.2) is 15.0 Å². The average Bonchev–Trinajstić information content (AvgIpc) is 3.08. The van der Waals surface area contributed by atoms with Crippen LogP contribution in [0.5, 0.6) is 0 Å². The second-order valence-electron chi connectivity index (χ2n) is 7.46. The molecule has 8 nitrogen and oxygen atoms in total. The molecule has 138 valence electrons. The normalized spacial score (nSPS) is 20.2. The van der Waals surface area contributed by atoms with Gasteiger partial charge in [0.1, 0.15) is 23.2 Å². The summed E-state index contributed by atoms with van der Waals surface area (Å²) in [5.74, 6) is 3.73. The summed E-state index contributed by atoms with van der Waals surface area (Å²) in [5, 5.41) is 10.2. The number of H-pyrrole nitrogens is 1. The van der Waals surface area contributed by atoms with Crippen LogP contribution in [0.1, 0.15) is 72.1 Å². The summed E-state index contributed by atoms with van der Waals surface area (Å²) in [7, 11) is 0. The van der Waals surface area contributed by atoms with E-state index >= 15 is 0 Å². The first kappa shape index (κ1) is 16.9. The summed E-state index contributed by atoms with van der Waals surface area (Å²) in [4.78, 5) is 28.6. The first-order valence-electron chi connectivity index (χ1n) is 9.35. The Bertz CT molecular complexity index is 829. The van der Waals surface area contributed by atoms with Gasteiger partial charge in [0.05, 0.1) is 0 Å². The van der Waals surface area contributed by atoms with Crippen molar-refractivity contribution in [3.63, 3.8) is 0 Å². The van der Waals surface area contributed by atoms with E-state index in [0.717, 1.165) is 61.2 Å². The third kappa shape index (κ3) is 3.04. The van der Waals surface area contributed by atoms with Gasteiger partial charge in [-0.2, -0.15) is 5.10 Å². The molecule has 0 aliphatic carbocycles. The van der Waals surface area contributed by atoms with Crippen LogP contribution >= 0.6 is 0 Å². The summed E-state index contributed by atoms with van der Waals surface area (Å²) < 4.78 is 0. The highest BCUT2D eigenvalue weighted by molar-refractivity contribution is 5.96. The fourth-order valence-electron chi connectivity index (χ4n) is 3.73. The SMILES string of the molecule is Cc1nc(C2CCCN(c3nc(C(C)C)nc4c3CCNC4=O)C2)n[nH]1. The molecule has 0 aromatic carbocycles. The Morgan fingerprint density at radius 2 is 2.08 bits per heavy atom. The number of fused-ring (bicyclic) bond motifs is 1. The van der Waals surface area contributed by atoms with E-state index in [2.05, 4.69) is 44.2 Å². The van der Waals surface area contributed by atoms with Gasteiger partial charge < -0.3 is 10.2 Å². The molecule has 2 aromatic rings. The highest BCUT2D eigenvalue weighted by Crippen LogP contribution is 2.32. The fourth-order valence-corrected chi connectivity index (χ4v) is 3.73. The van der Waals surface area contributed by atoms with Crippen LogP contribution in [-0.4, -0.2) is 50.7 Å². The highest BCUT2D eigenvalue weighted by atomic mass is 16.1. The molecule has 8 heteroatoms. The molecule has 0 radical (unpaired) electrons. The Balaban J connectivity index is 1.70. The van der Waals surface area contributed by atoms with E-state index in [1.54, 1.807) is 0 Å². The molecule has 2 aromatic heterocycles. The van der Waals surface area contributed by atoms with Crippen molar-refractivity contribution in [3.05, 3.63) is 28.7 Å². The lowest BCUT2D eigenvalue weighted by Gasteiger charge is -2.35. The van der Waals surface area contributed by atoms with Crippen LogP contribution in [0.2, 0.25) is 0 Å². The number of nitrogens with one attached hydrogen (secondary N) is 2. The third-order valence-corrected chi connectivity index (χ3v) is 5.10. The van der Waals surface area contributed by atoms with E-state index in [4.69, 9.17) is 4.98 Å². The van der Waals surface area contributed by atoms with Crippen molar-refractivity contribution >= 4 is 11.7 Å². The number of amides is 1. The van der Waals surface area contributed by atoms with Gasteiger partial charge in [-0.05, 0) is 26.2 Å². The summed E-state index contributed by atoms with van der Waals surface area (Å²) in [6, 6.07) is 0. The molecule has 0 bridgehead atoms. The van der Waals surface area contributed by atoms with Gasteiger partial charge in [0.2, 0.25) is 0 Å². The number of carbonyl (C=O) groups excluding carboxylic acids is 1. The summed E-state index contributed by atoms with van der Waals surface area (Å²) >= 11 is 0. The zero-order valence-electron chi connectivity index (χ0n) is 15.5. The predicted octanol–water partition coefficient (Wildman–Crippen LogP) is 1.70. The predicted molar refractivity (Wildman–Crippen MR) is 97.5 cm³/mol. The van der Waals surface area contributed by atoms with E-state index in [0.29, 0.717) is 12.2 Å². The number of aromatic nitrogens is 5. The average molecular weight is 355 g/mol. The Hall–Kier alpha value is -2.51. The molecule has 2 N–H and O–H groups in total. The van der Waals surface area contributed by atoms with Crippen molar-refractivity contribution in [2.24, 2.45) is 0 Å². The van der Waals surface area contributed by atoms with Gasteiger partial charge in [0, 0.05) is 37.0 Å². The van der Waals surface area contributed by atoms with E-state index in [9.17, 15) is 4.79 Å². The lowest BCUT2D eigenvalue weighted by molar-refractivity contribution is 0.0940. The summed E-state index contributed by atoms with van der Waals surface area (Å²) in [5.41, 5.74) is 1.52. The monoisotopic (exact) mass is 355 g/mol. The Labute approximate surface area is 152 Å². The summed E-state index contributed by atoms with van der Waals surface area (Å²) in [6.07, 6.45) is 2.90. The number of aryl methyl sites for hydroxylation is 1.